The van der Waals surface area contributed by atoms with E-state index in [2.05, 4.69) is 15.6 Å². The number of nitrogens with one attached hydrogen (secondary N) is 2. The van der Waals surface area contributed by atoms with E-state index in [9.17, 15) is 5.11 Å². The molecule has 3 N–H and O–H groups in total. The lowest BCUT2D eigenvalue weighted by Gasteiger charge is -2.13. The van der Waals surface area contributed by atoms with Crippen LogP contribution in [0.5, 0.6) is 17.2 Å². The average molecular weight is 499 g/mol. The van der Waals surface area contributed by atoms with Crippen LogP contribution in [0.1, 0.15) is 25.0 Å². The van der Waals surface area contributed by atoms with Gasteiger partial charge in [0.15, 0.2) is 17.5 Å². The van der Waals surface area contributed by atoms with E-state index in [0.717, 1.165) is 35.8 Å². The molecule has 0 heterocycles. The number of nitrogens with zero attached hydrogens (tertiary/aromatic N) is 1. The number of aliphatic imine (C=N–C) groups is 1. The van der Waals surface area contributed by atoms with Crippen molar-refractivity contribution in [3.05, 3.63) is 53.6 Å². The normalized spacial score (nSPS) is 10.8. The molecule has 0 bridgehead atoms. The van der Waals surface area contributed by atoms with Crippen LogP contribution in [0, 0.1) is 0 Å². The summed E-state index contributed by atoms with van der Waals surface area (Å²) in [5, 5.41) is 16.3. The number of aromatic hydroxyl groups is 1. The Morgan fingerprint density at radius 3 is 2.57 bits per heavy atom. The van der Waals surface area contributed by atoms with E-state index in [1.54, 1.807) is 13.2 Å². The van der Waals surface area contributed by atoms with Crippen molar-refractivity contribution in [3.8, 4) is 17.2 Å². The molecule has 154 valence electrons. The Balaban J connectivity index is 0.00000392. The maximum atomic E-state index is 9.68. The quantitative estimate of drug-likeness (QED) is 0.279. The van der Waals surface area contributed by atoms with Gasteiger partial charge in [0.1, 0.15) is 5.75 Å². The average Bonchev–Trinajstić information content (AvgIpc) is 2.68. The van der Waals surface area contributed by atoms with Gasteiger partial charge >= 0.3 is 0 Å². The maximum absolute atomic E-state index is 9.68. The van der Waals surface area contributed by atoms with Crippen LogP contribution < -0.4 is 20.1 Å². The number of benzene rings is 2. The highest BCUT2D eigenvalue weighted by atomic mass is 127. The Bertz CT molecular complexity index is 753. The zero-order chi connectivity index (χ0) is 19.5. The molecule has 0 unspecified atom stereocenters. The Morgan fingerprint density at radius 2 is 1.86 bits per heavy atom. The Morgan fingerprint density at radius 1 is 1.07 bits per heavy atom. The van der Waals surface area contributed by atoms with Gasteiger partial charge in [-0.05, 0) is 44.0 Å². The van der Waals surface area contributed by atoms with Crippen molar-refractivity contribution < 1.29 is 14.6 Å². The number of hydrogen-bond donors (Lipinski definition) is 3. The predicted octanol–water partition coefficient (Wildman–Crippen LogP) is 3.72. The van der Waals surface area contributed by atoms with Crippen molar-refractivity contribution in [1.29, 1.82) is 0 Å². The molecule has 7 heteroatoms. The fraction of sp³-hybridized carbons (Fsp3) is 0.381. The van der Waals surface area contributed by atoms with Gasteiger partial charge in [0.05, 0.1) is 20.3 Å². The van der Waals surface area contributed by atoms with Gasteiger partial charge in [0.25, 0.3) is 0 Å². The van der Waals surface area contributed by atoms with Crippen molar-refractivity contribution in [2.45, 2.75) is 26.8 Å². The lowest BCUT2D eigenvalue weighted by Crippen LogP contribution is -2.38. The van der Waals surface area contributed by atoms with Gasteiger partial charge in [0.2, 0.25) is 0 Å². The minimum absolute atomic E-state index is 0. The van der Waals surface area contributed by atoms with Gasteiger partial charge in [0, 0.05) is 18.7 Å². The summed E-state index contributed by atoms with van der Waals surface area (Å²) in [4.78, 5) is 4.66. The summed E-state index contributed by atoms with van der Waals surface area (Å²) < 4.78 is 10.8. The third kappa shape index (κ3) is 7.46. The third-order valence-corrected chi connectivity index (χ3v) is 3.97. The summed E-state index contributed by atoms with van der Waals surface area (Å²) in [5.74, 6) is 2.27. The summed E-state index contributed by atoms with van der Waals surface area (Å²) >= 11 is 0. The van der Waals surface area contributed by atoms with Crippen LogP contribution in [0.2, 0.25) is 0 Å². The fourth-order valence-corrected chi connectivity index (χ4v) is 2.64. The van der Waals surface area contributed by atoms with Crippen molar-refractivity contribution in [2.24, 2.45) is 4.99 Å². The first-order chi connectivity index (χ1) is 13.2. The van der Waals surface area contributed by atoms with Crippen molar-refractivity contribution in [3.63, 3.8) is 0 Å². The molecule has 2 aromatic rings. The van der Waals surface area contributed by atoms with Crippen molar-refractivity contribution in [2.75, 3.05) is 26.8 Å². The number of hydrogen-bond acceptors (Lipinski definition) is 4. The molecule has 0 amide bonds. The molecule has 0 aliphatic rings. The first kappa shape index (κ1) is 23.9. The van der Waals surface area contributed by atoms with E-state index < -0.39 is 0 Å². The lowest BCUT2D eigenvalue weighted by atomic mass is 10.1. The molecule has 0 atom stereocenters. The van der Waals surface area contributed by atoms with Crippen LogP contribution in [0.15, 0.2) is 47.5 Å². The highest BCUT2D eigenvalue weighted by molar-refractivity contribution is 14.0. The number of guanidine groups is 1. The van der Waals surface area contributed by atoms with Gasteiger partial charge in [-0.15, -0.1) is 24.0 Å². The molecule has 2 aromatic carbocycles. The second-order valence-electron chi connectivity index (χ2n) is 5.92. The molecular formula is C21H30IN3O3. The zero-order valence-corrected chi connectivity index (χ0v) is 19.0. The van der Waals surface area contributed by atoms with Crippen LogP contribution in [-0.4, -0.2) is 37.9 Å². The highest BCUT2D eigenvalue weighted by Crippen LogP contribution is 2.26. The standard InChI is InChI=1S/C21H29N3O3.HI/c1-4-22-21(24-15-17-8-6-7-9-19(17)27-5-2)23-13-12-16-10-11-18(25)20(14-16)26-3;/h6-11,14,25H,4-5,12-13,15H2,1-3H3,(H2,22,23,24);1H. The number of phenolic OH excluding ortho intramolecular Hbond substituents is 1. The summed E-state index contributed by atoms with van der Waals surface area (Å²) in [6.07, 6.45) is 0.788. The monoisotopic (exact) mass is 499 g/mol. The smallest absolute Gasteiger partial charge is 0.191 e. The summed E-state index contributed by atoms with van der Waals surface area (Å²) in [6, 6.07) is 13.3. The van der Waals surface area contributed by atoms with Crippen molar-refractivity contribution in [1.82, 2.24) is 10.6 Å². The van der Waals surface area contributed by atoms with Gasteiger partial charge in [-0.1, -0.05) is 24.3 Å². The van der Waals surface area contributed by atoms with E-state index in [1.807, 2.05) is 50.2 Å². The second-order valence-corrected chi connectivity index (χ2v) is 5.92. The summed E-state index contributed by atoms with van der Waals surface area (Å²) in [7, 11) is 1.55. The Hall–Kier alpha value is -2.16. The number of rotatable bonds is 9. The first-order valence-corrected chi connectivity index (χ1v) is 9.26. The van der Waals surface area contributed by atoms with E-state index in [1.165, 1.54) is 0 Å². The third-order valence-electron chi connectivity index (χ3n) is 3.97. The number of para-hydroxylation sites is 1. The molecule has 0 radical (unpaired) electrons. The molecule has 0 saturated carbocycles. The van der Waals surface area contributed by atoms with E-state index >= 15 is 0 Å². The maximum Gasteiger partial charge on any atom is 0.191 e. The molecule has 6 nitrogen and oxygen atoms in total. The van der Waals surface area contributed by atoms with E-state index in [0.29, 0.717) is 25.4 Å². The molecule has 0 aromatic heterocycles. The van der Waals surface area contributed by atoms with Crippen molar-refractivity contribution >= 4 is 29.9 Å². The molecule has 0 aliphatic carbocycles. The molecule has 0 aliphatic heterocycles. The largest absolute Gasteiger partial charge is 0.504 e. The molecular weight excluding hydrogens is 469 g/mol. The molecule has 0 saturated heterocycles. The van der Waals surface area contributed by atoms with Crippen LogP contribution in [-0.2, 0) is 13.0 Å². The Labute approximate surface area is 184 Å². The van der Waals surface area contributed by atoms with Crippen LogP contribution in [0.4, 0.5) is 0 Å². The minimum atomic E-state index is 0. The summed E-state index contributed by atoms with van der Waals surface area (Å²) in [5.41, 5.74) is 2.13. The predicted molar refractivity (Wildman–Crippen MR) is 124 cm³/mol. The summed E-state index contributed by atoms with van der Waals surface area (Å²) in [6.45, 7) is 6.69. The first-order valence-electron chi connectivity index (χ1n) is 9.26. The number of phenols is 1. The van der Waals surface area contributed by atoms with Crippen LogP contribution in [0.25, 0.3) is 0 Å². The lowest BCUT2D eigenvalue weighted by molar-refractivity contribution is 0.336. The highest BCUT2D eigenvalue weighted by Gasteiger charge is 2.05. The number of halogens is 1. The minimum Gasteiger partial charge on any atom is -0.504 e. The second kappa shape index (κ2) is 13.1. The number of ether oxygens (including phenoxy) is 2. The fourth-order valence-electron chi connectivity index (χ4n) is 2.64. The molecule has 0 spiro atoms. The topological polar surface area (TPSA) is 75.1 Å². The van der Waals surface area contributed by atoms with E-state index in [-0.39, 0.29) is 29.7 Å². The van der Waals surface area contributed by atoms with Gasteiger partial charge < -0.3 is 25.2 Å². The van der Waals surface area contributed by atoms with Gasteiger partial charge in [-0.25, -0.2) is 4.99 Å². The zero-order valence-electron chi connectivity index (χ0n) is 16.7. The molecule has 2 rings (SSSR count). The van der Waals surface area contributed by atoms with Gasteiger partial charge in [-0.2, -0.15) is 0 Å². The molecule has 0 fully saturated rings. The van der Waals surface area contributed by atoms with Crippen LogP contribution >= 0.6 is 24.0 Å². The van der Waals surface area contributed by atoms with Crippen LogP contribution in [0.3, 0.4) is 0 Å². The number of methoxy groups -OCH3 is 1. The SMILES string of the molecule is CCNC(=NCc1ccccc1OCC)NCCc1ccc(O)c(OC)c1.I. The molecule has 28 heavy (non-hydrogen) atoms. The van der Waals surface area contributed by atoms with Gasteiger partial charge in [-0.3, -0.25) is 0 Å². The van der Waals surface area contributed by atoms with E-state index in [4.69, 9.17) is 9.47 Å². The Kier molecular flexibility index (Phi) is 11.2.